The van der Waals surface area contributed by atoms with Crippen molar-refractivity contribution >= 4 is 44.8 Å². The summed E-state index contributed by atoms with van der Waals surface area (Å²) in [5.41, 5.74) is 2.26. The van der Waals surface area contributed by atoms with E-state index in [2.05, 4.69) is 5.32 Å². The number of nitrogens with zero attached hydrogens (tertiary/aromatic N) is 1. The first-order valence-electron chi connectivity index (χ1n) is 8.41. The number of amides is 1. The number of nitrogens with one attached hydrogen (secondary N) is 1. The third-order valence-corrected chi connectivity index (χ3v) is 6.05. The first kappa shape index (κ1) is 21.5. The second-order valence-electron chi connectivity index (χ2n) is 6.28. The van der Waals surface area contributed by atoms with Gasteiger partial charge >= 0.3 is 0 Å². The van der Waals surface area contributed by atoms with Crippen LogP contribution in [0.1, 0.15) is 30.5 Å². The van der Waals surface area contributed by atoms with Crippen molar-refractivity contribution in [2.45, 2.75) is 26.3 Å². The molecule has 0 radical (unpaired) electrons. The van der Waals surface area contributed by atoms with Gasteiger partial charge in [0.1, 0.15) is 6.54 Å². The molecule has 1 N–H and O–H groups in total. The molecule has 0 spiro atoms. The van der Waals surface area contributed by atoms with Crippen LogP contribution >= 0.6 is 23.2 Å². The summed E-state index contributed by atoms with van der Waals surface area (Å²) >= 11 is 12.1. The zero-order valence-corrected chi connectivity index (χ0v) is 17.7. The average Bonchev–Trinajstić information content (AvgIpc) is 2.60. The van der Waals surface area contributed by atoms with Crippen molar-refractivity contribution in [1.82, 2.24) is 5.32 Å². The molecule has 2 aromatic carbocycles. The molecule has 2 aromatic rings. The van der Waals surface area contributed by atoms with Gasteiger partial charge in [-0.2, -0.15) is 0 Å². The first-order chi connectivity index (χ1) is 12.6. The molecule has 1 amide bonds. The van der Waals surface area contributed by atoms with E-state index in [0.29, 0.717) is 6.42 Å². The van der Waals surface area contributed by atoms with Gasteiger partial charge in [-0.15, -0.1) is 0 Å². The van der Waals surface area contributed by atoms with Gasteiger partial charge < -0.3 is 5.32 Å². The maximum Gasteiger partial charge on any atom is 0.241 e. The standard InChI is InChI=1S/C19H22Cl2N2O3S/c1-4-16(14-10-8-13(2)9-11-14)22-18(24)12-23(27(3,25)26)17-7-5-6-15(20)19(17)21/h5-11,16H,4,12H2,1-3H3,(H,22,24). The van der Waals surface area contributed by atoms with Crippen LogP contribution in [0.2, 0.25) is 10.0 Å². The van der Waals surface area contributed by atoms with E-state index in [1.165, 1.54) is 6.07 Å². The predicted molar refractivity (Wildman–Crippen MR) is 111 cm³/mol. The topological polar surface area (TPSA) is 66.5 Å². The van der Waals surface area contributed by atoms with E-state index in [-0.39, 0.29) is 28.3 Å². The fourth-order valence-electron chi connectivity index (χ4n) is 2.66. The van der Waals surface area contributed by atoms with Crippen molar-refractivity contribution in [3.8, 4) is 0 Å². The van der Waals surface area contributed by atoms with E-state index >= 15 is 0 Å². The minimum absolute atomic E-state index is 0.0861. The maximum atomic E-state index is 12.6. The number of halogens is 2. The molecule has 146 valence electrons. The smallest absolute Gasteiger partial charge is 0.241 e. The lowest BCUT2D eigenvalue weighted by atomic mass is 10.0. The van der Waals surface area contributed by atoms with E-state index in [4.69, 9.17) is 23.2 Å². The molecular weight excluding hydrogens is 407 g/mol. The number of carbonyl (C=O) groups is 1. The molecule has 0 fully saturated rings. The average molecular weight is 429 g/mol. The van der Waals surface area contributed by atoms with Crippen LogP contribution in [-0.2, 0) is 14.8 Å². The Morgan fingerprint density at radius 3 is 2.33 bits per heavy atom. The lowest BCUT2D eigenvalue weighted by Gasteiger charge is -2.25. The van der Waals surface area contributed by atoms with E-state index in [9.17, 15) is 13.2 Å². The molecule has 0 saturated heterocycles. The van der Waals surface area contributed by atoms with Gasteiger partial charge in [0.15, 0.2) is 0 Å². The van der Waals surface area contributed by atoms with Crippen LogP contribution in [0.15, 0.2) is 42.5 Å². The summed E-state index contributed by atoms with van der Waals surface area (Å²) in [7, 11) is -3.74. The van der Waals surface area contributed by atoms with Crippen LogP contribution in [0.4, 0.5) is 5.69 Å². The summed E-state index contributed by atoms with van der Waals surface area (Å²) in [4.78, 5) is 12.6. The summed E-state index contributed by atoms with van der Waals surface area (Å²) < 4.78 is 25.4. The van der Waals surface area contributed by atoms with E-state index < -0.39 is 15.9 Å². The molecule has 8 heteroatoms. The molecule has 0 saturated carbocycles. The normalized spacial score (nSPS) is 12.5. The van der Waals surface area contributed by atoms with Crippen molar-refractivity contribution in [2.75, 3.05) is 17.1 Å². The Morgan fingerprint density at radius 2 is 1.78 bits per heavy atom. The van der Waals surface area contributed by atoms with Gasteiger partial charge in [0.25, 0.3) is 0 Å². The number of aryl methyl sites for hydroxylation is 1. The fraction of sp³-hybridized carbons (Fsp3) is 0.316. The van der Waals surface area contributed by atoms with E-state index in [1.54, 1.807) is 12.1 Å². The van der Waals surface area contributed by atoms with Crippen LogP contribution in [-0.4, -0.2) is 27.1 Å². The number of hydrogen-bond acceptors (Lipinski definition) is 3. The van der Waals surface area contributed by atoms with Crippen LogP contribution < -0.4 is 9.62 Å². The number of sulfonamides is 1. The molecule has 0 aliphatic rings. The van der Waals surface area contributed by atoms with Gasteiger partial charge in [0.2, 0.25) is 15.9 Å². The maximum absolute atomic E-state index is 12.6. The highest BCUT2D eigenvalue weighted by Gasteiger charge is 2.25. The number of anilines is 1. The SMILES string of the molecule is CCC(NC(=O)CN(c1cccc(Cl)c1Cl)S(C)(=O)=O)c1ccc(C)cc1. The molecule has 0 aromatic heterocycles. The van der Waals surface area contributed by atoms with Crippen LogP contribution in [0.5, 0.6) is 0 Å². The Labute approximate surface area is 170 Å². The molecule has 27 heavy (non-hydrogen) atoms. The molecule has 0 aliphatic carbocycles. The van der Waals surface area contributed by atoms with Crippen molar-refractivity contribution in [3.63, 3.8) is 0 Å². The Kier molecular flexibility index (Phi) is 7.14. The van der Waals surface area contributed by atoms with Crippen molar-refractivity contribution in [1.29, 1.82) is 0 Å². The van der Waals surface area contributed by atoms with E-state index in [1.807, 2.05) is 38.1 Å². The zero-order chi connectivity index (χ0) is 20.2. The molecule has 0 heterocycles. The van der Waals surface area contributed by atoms with Crippen LogP contribution in [0.3, 0.4) is 0 Å². The molecule has 2 rings (SSSR count). The van der Waals surface area contributed by atoms with Gasteiger partial charge in [-0.05, 0) is 31.0 Å². The number of carbonyl (C=O) groups excluding carboxylic acids is 1. The van der Waals surface area contributed by atoms with Gasteiger partial charge in [-0.25, -0.2) is 8.42 Å². The molecular formula is C19H22Cl2N2O3S. The second-order valence-corrected chi connectivity index (χ2v) is 8.97. The van der Waals surface area contributed by atoms with Gasteiger partial charge in [-0.1, -0.05) is 66.0 Å². The highest BCUT2D eigenvalue weighted by Crippen LogP contribution is 2.33. The van der Waals surface area contributed by atoms with Crippen molar-refractivity contribution in [3.05, 3.63) is 63.6 Å². The lowest BCUT2D eigenvalue weighted by molar-refractivity contribution is -0.120. The summed E-state index contributed by atoms with van der Waals surface area (Å²) in [5.74, 6) is -0.427. The monoisotopic (exact) mass is 428 g/mol. The number of benzene rings is 2. The van der Waals surface area contributed by atoms with Gasteiger partial charge in [-0.3, -0.25) is 9.10 Å². The van der Waals surface area contributed by atoms with Crippen molar-refractivity contribution < 1.29 is 13.2 Å². The molecule has 0 aliphatic heterocycles. The molecule has 0 bridgehead atoms. The first-order valence-corrected chi connectivity index (χ1v) is 11.0. The van der Waals surface area contributed by atoms with Crippen LogP contribution in [0, 0.1) is 6.92 Å². The second kappa shape index (κ2) is 8.95. The molecule has 5 nitrogen and oxygen atoms in total. The molecule has 1 atom stereocenters. The Morgan fingerprint density at radius 1 is 1.15 bits per heavy atom. The Balaban J connectivity index is 2.23. The summed E-state index contributed by atoms with van der Waals surface area (Å²) in [6.07, 6.45) is 1.69. The van der Waals surface area contributed by atoms with Gasteiger partial charge in [0.05, 0.1) is 28.0 Å². The van der Waals surface area contributed by atoms with Gasteiger partial charge in [0, 0.05) is 0 Å². The summed E-state index contributed by atoms with van der Waals surface area (Å²) in [6, 6.07) is 12.3. The Hall–Kier alpha value is -1.76. The largest absolute Gasteiger partial charge is 0.348 e. The minimum atomic E-state index is -3.74. The highest BCUT2D eigenvalue weighted by atomic mass is 35.5. The lowest BCUT2D eigenvalue weighted by Crippen LogP contribution is -2.41. The number of rotatable bonds is 7. The third-order valence-electron chi connectivity index (χ3n) is 4.11. The quantitative estimate of drug-likeness (QED) is 0.712. The van der Waals surface area contributed by atoms with Crippen LogP contribution in [0.25, 0.3) is 0 Å². The van der Waals surface area contributed by atoms with E-state index in [0.717, 1.165) is 21.7 Å². The molecule has 1 unspecified atom stereocenters. The highest BCUT2D eigenvalue weighted by molar-refractivity contribution is 7.92. The third kappa shape index (κ3) is 5.61. The summed E-state index contributed by atoms with van der Waals surface area (Å²) in [5, 5.41) is 3.19. The van der Waals surface area contributed by atoms with Crippen molar-refractivity contribution in [2.24, 2.45) is 0 Å². The fourth-order valence-corrected chi connectivity index (χ4v) is 3.97. The minimum Gasteiger partial charge on any atom is -0.348 e. The number of hydrogen-bond donors (Lipinski definition) is 1. The predicted octanol–water partition coefficient (Wildman–Crippen LogP) is 4.34. The summed E-state index contributed by atoms with van der Waals surface area (Å²) in [6.45, 7) is 3.55. The Bertz CT molecular complexity index is 915. The zero-order valence-electron chi connectivity index (χ0n) is 15.4.